The van der Waals surface area contributed by atoms with Gasteiger partial charge in [-0.1, -0.05) is 41.4 Å². The maximum Gasteiger partial charge on any atom is 0.211 e. The Balaban J connectivity index is 2.24. The zero-order valence-corrected chi connectivity index (χ0v) is 13.7. The molecule has 0 radical (unpaired) electrons. The van der Waals surface area contributed by atoms with Crippen molar-refractivity contribution in [3.63, 3.8) is 0 Å². The standard InChI is InChI=1S/C16H7Cl2NO3S/c17-8-5-6-12-10(7-8)14(20)13-9-3-1-2-4-11(9)19-16(18)15(13)23(12,21)22/h1-7H. The molecule has 1 aliphatic heterocycles. The van der Waals surface area contributed by atoms with Gasteiger partial charge in [-0.25, -0.2) is 13.4 Å². The van der Waals surface area contributed by atoms with Crippen LogP contribution in [0.4, 0.5) is 0 Å². The van der Waals surface area contributed by atoms with Gasteiger partial charge in [0.25, 0.3) is 0 Å². The normalized spacial score (nSPS) is 15.3. The summed E-state index contributed by atoms with van der Waals surface area (Å²) < 4.78 is 25.8. The predicted molar refractivity (Wildman–Crippen MR) is 87.1 cm³/mol. The molecule has 0 unspecified atom stereocenters. The van der Waals surface area contributed by atoms with E-state index in [4.69, 9.17) is 23.2 Å². The molecule has 0 saturated carbocycles. The number of sulfone groups is 1. The van der Waals surface area contributed by atoms with Gasteiger partial charge < -0.3 is 0 Å². The predicted octanol–water partition coefficient (Wildman–Crippen LogP) is 3.92. The monoisotopic (exact) mass is 363 g/mol. The topological polar surface area (TPSA) is 64.1 Å². The van der Waals surface area contributed by atoms with Crippen LogP contribution < -0.4 is 0 Å². The highest BCUT2D eigenvalue weighted by Crippen LogP contribution is 2.41. The van der Waals surface area contributed by atoms with Crippen LogP contribution in [0.2, 0.25) is 10.2 Å². The fraction of sp³-hybridized carbons (Fsp3) is 0. The molecular weight excluding hydrogens is 357 g/mol. The number of para-hydroxylation sites is 1. The first-order valence-electron chi connectivity index (χ1n) is 6.59. The first-order valence-corrected chi connectivity index (χ1v) is 8.83. The number of fused-ring (bicyclic) bond motifs is 4. The lowest BCUT2D eigenvalue weighted by Crippen LogP contribution is -2.21. The van der Waals surface area contributed by atoms with Crippen LogP contribution in [0, 0.1) is 0 Å². The number of carbonyl (C=O) groups is 1. The molecule has 2 heterocycles. The SMILES string of the molecule is O=C1c2cc(Cl)ccc2S(=O)(=O)c2c(Cl)nc3ccccc3c21. The van der Waals surface area contributed by atoms with Crippen molar-refractivity contribution in [1.82, 2.24) is 4.98 Å². The van der Waals surface area contributed by atoms with E-state index in [1.165, 1.54) is 18.2 Å². The van der Waals surface area contributed by atoms with Crippen molar-refractivity contribution in [3.8, 4) is 0 Å². The largest absolute Gasteiger partial charge is 0.288 e. The Labute approximate surface area is 141 Å². The molecule has 0 aliphatic carbocycles. The van der Waals surface area contributed by atoms with E-state index in [1.54, 1.807) is 24.3 Å². The van der Waals surface area contributed by atoms with Crippen molar-refractivity contribution in [1.29, 1.82) is 0 Å². The van der Waals surface area contributed by atoms with Gasteiger partial charge >= 0.3 is 0 Å². The summed E-state index contributed by atoms with van der Waals surface area (Å²) in [6.45, 7) is 0. The summed E-state index contributed by atoms with van der Waals surface area (Å²) in [6.07, 6.45) is 0. The molecule has 7 heteroatoms. The quantitative estimate of drug-likeness (QED) is 0.444. The van der Waals surface area contributed by atoms with Gasteiger partial charge in [0.05, 0.1) is 16.0 Å². The van der Waals surface area contributed by atoms with Crippen LogP contribution >= 0.6 is 23.2 Å². The maximum absolute atomic E-state index is 12.9. The highest BCUT2D eigenvalue weighted by Gasteiger charge is 2.38. The van der Waals surface area contributed by atoms with Crippen LogP contribution in [-0.4, -0.2) is 19.2 Å². The number of halogens is 2. The smallest absolute Gasteiger partial charge is 0.211 e. The van der Waals surface area contributed by atoms with Crippen LogP contribution in [0.15, 0.2) is 52.3 Å². The van der Waals surface area contributed by atoms with E-state index in [0.717, 1.165) is 0 Å². The Morgan fingerprint density at radius 1 is 1.00 bits per heavy atom. The van der Waals surface area contributed by atoms with Crippen molar-refractivity contribution < 1.29 is 13.2 Å². The Morgan fingerprint density at radius 2 is 1.74 bits per heavy atom. The molecule has 4 rings (SSSR count). The van der Waals surface area contributed by atoms with Gasteiger partial charge in [0.1, 0.15) is 10.0 Å². The average Bonchev–Trinajstić information content (AvgIpc) is 2.51. The maximum atomic E-state index is 12.9. The number of benzene rings is 2. The third-order valence-corrected chi connectivity index (χ3v) is 6.27. The fourth-order valence-electron chi connectivity index (χ4n) is 2.79. The molecule has 0 atom stereocenters. The molecule has 0 N–H and O–H groups in total. The van der Waals surface area contributed by atoms with E-state index < -0.39 is 15.6 Å². The summed E-state index contributed by atoms with van der Waals surface area (Å²) in [6, 6.07) is 10.9. The van der Waals surface area contributed by atoms with Crippen molar-refractivity contribution in [2.45, 2.75) is 9.79 Å². The molecule has 0 fully saturated rings. The molecule has 2 aromatic carbocycles. The zero-order chi connectivity index (χ0) is 16.4. The van der Waals surface area contributed by atoms with Gasteiger partial charge in [0.2, 0.25) is 9.84 Å². The molecule has 0 bridgehead atoms. The Hall–Kier alpha value is -1.95. The lowest BCUT2D eigenvalue weighted by molar-refractivity contribution is 0.103. The van der Waals surface area contributed by atoms with Crippen LogP contribution in [0.1, 0.15) is 15.9 Å². The van der Waals surface area contributed by atoms with Gasteiger partial charge in [0, 0.05) is 16.0 Å². The molecule has 23 heavy (non-hydrogen) atoms. The van der Waals surface area contributed by atoms with Crippen molar-refractivity contribution in [2.24, 2.45) is 0 Å². The molecule has 0 saturated heterocycles. The van der Waals surface area contributed by atoms with Gasteiger partial charge in [-0.05, 0) is 24.3 Å². The number of rotatable bonds is 0. The Bertz CT molecular complexity index is 1120. The van der Waals surface area contributed by atoms with Crippen LogP contribution in [-0.2, 0) is 9.84 Å². The number of aromatic nitrogens is 1. The van der Waals surface area contributed by atoms with Gasteiger partial charge in [-0.3, -0.25) is 4.79 Å². The molecule has 4 nitrogen and oxygen atoms in total. The number of pyridine rings is 1. The first kappa shape index (κ1) is 14.6. The molecule has 0 amide bonds. The van der Waals surface area contributed by atoms with Crippen molar-refractivity contribution >= 4 is 49.7 Å². The third-order valence-electron chi connectivity index (χ3n) is 3.78. The third kappa shape index (κ3) is 1.94. The number of hydrogen-bond donors (Lipinski definition) is 0. The number of nitrogens with zero attached hydrogens (tertiary/aromatic N) is 1. The zero-order valence-electron chi connectivity index (χ0n) is 11.4. The molecule has 0 spiro atoms. The molecule has 114 valence electrons. The molecule has 1 aliphatic rings. The minimum atomic E-state index is -3.95. The average molecular weight is 364 g/mol. The van der Waals surface area contributed by atoms with Crippen molar-refractivity contribution in [2.75, 3.05) is 0 Å². The second-order valence-electron chi connectivity index (χ2n) is 5.10. The highest BCUT2D eigenvalue weighted by molar-refractivity contribution is 7.92. The van der Waals surface area contributed by atoms with E-state index in [0.29, 0.717) is 15.9 Å². The summed E-state index contributed by atoms with van der Waals surface area (Å²) in [5.41, 5.74) is 0.568. The number of hydrogen-bond acceptors (Lipinski definition) is 4. The summed E-state index contributed by atoms with van der Waals surface area (Å²) in [5.74, 6) is -0.423. The van der Waals surface area contributed by atoms with Crippen LogP contribution in [0.3, 0.4) is 0 Å². The molecule has 3 aromatic rings. The lowest BCUT2D eigenvalue weighted by Gasteiger charge is -2.21. The van der Waals surface area contributed by atoms with Gasteiger partial charge in [-0.15, -0.1) is 0 Å². The van der Waals surface area contributed by atoms with E-state index in [2.05, 4.69) is 4.98 Å². The fourth-order valence-corrected chi connectivity index (χ4v) is 5.10. The molecular formula is C16H7Cl2NO3S. The highest BCUT2D eigenvalue weighted by atomic mass is 35.5. The van der Waals surface area contributed by atoms with E-state index in [1.807, 2.05) is 0 Å². The number of ketones is 1. The summed E-state index contributed by atoms with van der Waals surface area (Å²) in [4.78, 5) is 16.7. The molecule has 1 aromatic heterocycles. The number of carbonyl (C=O) groups excluding carboxylic acids is 1. The van der Waals surface area contributed by atoms with Crippen LogP contribution in [0.5, 0.6) is 0 Å². The minimum Gasteiger partial charge on any atom is -0.288 e. The summed E-state index contributed by atoms with van der Waals surface area (Å²) in [7, 11) is -3.95. The Morgan fingerprint density at radius 3 is 2.52 bits per heavy atom. The van der Waals surface area contributed by atoms with E-state index >= 15 is 0 Å². The van der Waals surface area contributed by atoms with Crippen LogP contribution in [0.25, 0.3) is 10.9 Å². The second-order valence-corrected chi connectivity index (χ2v) is 7.75. The second kappa shape index (κ2) is 4.77. The van der Waals surface area contributed by atoms with E-state index in [-0.39, 0.29) is 26.1 Å². The van der Waals surface area contributed by atoms with Crippen molar-refractivity contribution in [3.05, 3.63) is 63.8 Å². The summed E-state index contributed by atoms with van der Waals surface area (Å²) >= 11 is 12.0. The van der Waals surface area contributed by atoms with E-state index in [9.17, 15) is 13.2 Å². The summed E-state index contributed by atoms with van der Waals surface area (Å²) in [5, 5.41) is 0.541. The van der Waals surface area contributed by atoms with Gasteiger partial charge in [-0.2, -0.15) is 0 Å². The lowest BCUT2D eigenvalue weighted by atomic mass is 9.99. The Kier molecular flexibility index (Phi) is 3.04. The minimum absolute atomic E-state index is 0.0513. The van der Waals surface area contributed by atoms with Gasteiger partial charge in [0.15, 0.2) is 5.78 Å². The first-order chi connectivity index (χ1) is 10.9.